The molecule has 0 fully saturated rings. The lowest BCUT2D eigenvalue weighted by molar-refractivity contribution is 0.465. The molecule has 3 aromatic rings. The van der Waals surface area contributed by atoms with E-state index in [1.165, 1.54) is 12.1 Å². The van der Waals surface area contributed by atoms with Gasteiger partial charge in [0.05, 0.1) is 6.04 Å². The first-order valence-corrected chi connectivity index (χ1v) is 6.30. The highest BCUT2D eigenvalue weighted by atomic mass is 19.1. The molecule has 0 aliphatic heterocycles. The van der Waals surface area contributed by atoms with E-state index in [9.17, 15) is 8.78 Å². The Kier molecular flexibility index (Phi) is 3.24. The summed E-state index contributed by atoms with van der Waals surface area (Å²) >= 11 is 0. The highest BCUT2D eigenvalue weighted by molar-refractivity contribution is 5.78. The maximum Gasteiger partial charge on any atom is 0.169 e. The molecule has 20 heavy (non-hydrogen) atoms. The Morgan fingerprint density at radius 1 is 1.00 bits per heavy atom. The van der Waals surface area contributed by atoms with Crippen molar-refractivity contribution >= 4 is 11.0 Å². The molecule has 2 aromatic carbocycles. The van der Waals surface area contributed by atoms with Crippen LogP contribution >= 0.6 is 0 Å². The Hall–Kier alpha value is -2.20. The normalized spacial score (nSPS) is 12.8. The first kappa shape index (κ1) is 12.8. The van der Waals surface area contributed by atoms with Gasteiger partial charge in [-0.25, -0.2) is 8.78 Å². The molecular formula is C16H13F2NO. The largest absolute Gasteiger partial charge is 0.456 e. The second-order valence-corrected chi connectivity index (χ2v) is 4.55. The van der Waals surface area contributed by atoms with Crippen LogP contribution in [0.1, 0.15) is 17.4 Å². The summed E-state index contributed by atoms with van der Waals surface area (Å²) < 4.78 is 33.1. The Labute approximate surface area is 115 Å². The molecule has 0 spiro atoms. The summed E-state index contributed by atoms with van der Waals surface area (Å²) in [5.41, 5.74) is 0.661. The van der Waals surface area contributed by atoms with Gasteiger partial charge in [-0.1, -0.05) is 30.3 Å². The third-order valence-corrected chi connectivity index (χ3v) is 3.30. The summed E-state index contributed by atoms with van der Waals surface area (Å²) in [6.07, 6.45) is 0. The highest BCUT2D eigenvalue weighted by Crippen LogP contribution is 2.30. The molecule has 1 heterocycles. The summed E-state index contributed by atoms with van der Waals surface area (Å²) in [5, 5.41) is 3.66. The van der Waals surface area contributed by atoms with Crippen molar-refractivity contribution in [3.63, 3.8) is 0 Å². The summed E-state index contributed by atoms with van der Waals surface area (Å²) in [5.74, 6) is -0.261. The van der Waals surface area contributed by atoms with Crippen LogP contribution in [-0.2, 0) is 0 Å². The smallest absolute Gasteiger partial charge is 0.169 e. The third-order valence-electron chi connectivity index (χ3n) is 3.30. The van der Waals surface area contributed by atoms with Crippen LogP contribution in [0.3, 0.4) is 0 Å². The van der Waals surface area contributed by atoms with Gasteiger partial charge in [-0.15, -0.1) is 0 Å². The average molecular weight is 273 g/mol. The zero-order valence-corrected chi connectivity index (χ0v) is 10.9. The van der Waals surface area contributed by atoms with Gasteiger partial charge in [-0.2, -0.15) is 0 Å². The molecule has 0 aliphatic rings. The van der Waals surface area contributed by atoms with Crippen LogP contribution in [0, 0.1) is 11.6 Å². The molecule has 1 N–H and O–H groups in total. The van der Waals surface area contributed by atoms with Crippen molar-refractivity contribution in [1.29, 1.82) is 0 Å². The van der Waals surface area contributed by atoms with Crippen molar-refractivity contribution in [1.82, 2.24) is 5.32 Å². The van der Waals surface area contributed by atoms with Gasteiger partial charge in [0.15, 0.2) is 11.4 Å². The fraction of sp³-hybridized carbons (Fsp3) is 0.125. The van der Waals surface area contributed by atoms with Gasteiger partial charge in [-0.05, 0) is 25.2 Å². The molecule has 102 valence electrons. The van der Waals surface area contributed by atoms with E-state index >= 15 is 0 Å². The number of nitrogens with one attached hydrogen (secondary N) is 1. The number of benzene rings is 2. The van der Waals surface area contributed by atoms with E-state index in [0.29, 0.717) is 16.7 Å². The first-order valence-electron chi connectivity index (χ1n) is 6.30. The standard InChI is InChI=1S/C16H13F2NO/c1-19-15(11-6-2-3-7-12(11)17)14-9-10-5-4-8-13(18)16(10)20-14/h2-9,15,19H,1H3. The molecule has 0 saturated carbocycles. The van der Waals surface area contributed by atoms with Crippen LogP contribution < -0.4 is 5.32 Å². The van der Waals surface area contributed by atoms with Crippen LogP contribution in [0.2, 0.25) is 0 Å². The molecule has 4 heteroatoms. The number of halogens is 2. The quantitative estimate of drug-likeness (QED) is 0.779. The van der Waals surface area contributed by atoms with Gasteiger partial charge in [0.25, 0.3) is 0 Å². The van der Waals surface area contributed by atoms with E-state index in [1.807, 2.05) is 0 Å². The molecule has 2 nitrogen and oxygen atoms in total. The summed E-state index contributed by atoms with van der Waals surface area (Å²) in [6.45, 7) is 0. The van der Waals surface area contributed by atoms with Crippen molar-refractivity contribution in [2.24, 2.45) is 0 Å². The zero-order chi connectivity index (χ0) is 14.1. The number of rotatable bonds is 3. The molecule has 0 radical (unpaired) electrons. The fourth-order valence-corrected chi connectivity index (χ4v) is 2.35. The maximum absolute atomic E-state index is 13.9. The topological polar surface area (TPSA) is 25.2 Å². The third kappa shape index (κ3) is 2.08. The predicted octanol–water partition coefficient (Wildman–Crippen LogP) is 4.02. The van der Waals surface area contributed by atoms with Crippen molar-refractivity contribution in [3.8, 4) is 0 Å². The average Bonchev–Trinajstić information content (AvgIpc) is 2.87. The zero-order valence-electron chi connectivity index (χ0n) is 10.9. The van der Waals surface area contributed by atoms with Gasteiger partial charge >= 0.3 is 0 Å². The molecule has 0 aliphatic carbocycles. The van der Waals surface area contributed by atoms with Crippen molar-refractivity contribution in [3.05, 3.63) is 71.5 Å². The first-order chi connectivity index (χ1) is 9.70. The van der Waals surface area contributed by atoms with Gasteiger partial charge in [0, 0.05) is 10.9 Å². The predicted molar refractivity (Wildman–Crippen MR) is 73.5 cm³/mol. The molecule has 0 bridgehead atoms. The van der Waals surface area contributed by atoms with E-state index in [0.717, 1.165) is 0 Å². The number of fused-ring (bicyclic) bond motifs is 1. The van der Waals surface area contributed by atoms with E-state index in [1.54, 1.807) is 43.4 Å². The van der Waals surface area contributed by atoms with Gasteiger partial charge in [-0.3, -0.25) is 0 Å². The second-order valence-electron chi connectivity index (χ2n) is 4.55. The number of furan rings is 1. The summed E-state index contributed by atoms with van der Waals surface area (Å²) in [4.78, 5) is 0. The number of hydrogen-bond acceptors (Lipinski definition) is 2. The Morgan fingerprint density at radius 2 is 1.75 bits per heavy atom. The lowest BCUT2D eigenvalue weighted by Gasteiger charge is -2.14. The fourth-order valence-electron chi connectivity index (χ4n) is 2.35. The molecular weight excluding hydrogens is 260 g/mol. The van der Waals surface area contributed by atoms with E-state index < -0.39 is 11.9 Å². The Balaban J connectivity index is 2.12. The minimum Gasteiger partial charge on any atom is -0.456 e. The lowest BCUT2D eigenvalue weighted by atomic mass is 10.0. The lowest BCUT2D eigenvalue weighted by Crippen LogP contribution is -2.18. The highest BCUT2D eigenvalue weighted by Gasteiger charge is 2.20. The monoisotopic (exact) mass is 273 g/mol. The van der Waals surface area contributed by atoms with Gasteiger partial charge < -0.3 is 9.73 Å². The number of para-hydroxylation sites is 1. The van der Waals surface area contributed by atoms with E-state index in [4.69, 9.17) is 4.42 Å². The molecule has 1 unspecified atom stereocenters. The van der Waals surface area contributed by atoms with Crippen molar-refractivity contribution < 1.29 is 13.2 Å². The molecule has 1 aromatic heterocycles. The maximum atomic E-state index is 13.9. The Morgan fingerprint density at radius 3 is 2.45 bits per heavy atom. The van der Waals surface area contributed by atoms with Crippen LogP contribution in [0.15, 0.2) is 52.9 Å². The van der Waals surface area contributed by atoms with E-state index in [-0.39, 0.29) is 11.4 Å². The molecule has 3 rings (SSSR count). The summed E-state index contributed by atoms with van der Waals surface area (Å²) in [6, 6.07) is 12.5. The molecule has 1 atom stereocenters. The van der Waals surface area contributed by atoms with Crippen molar-refractivity contribution in [2.45, 2.75) is 6.04 Å². The second kappa shape index (κ2) is 5.06. The molecule has 0 saturated heterocycles. The number of hydrogen-bond donors (Lipinski definition) is 1. The SMILES string of the molecule is CNC(c1cc2cccc(F)c2o1)c1ccccc1F. The van der Waals surface area contributed by atoms with Crippen LogP contribution in [0.4, 0.5) is 8.78 Å². The van der Waals surface area contributed by atoms with Crippen LogP contribution in [-0.4, -0.2) is 7.05 Å². The van der Waals surface area contributed by atoms with Crippen LogP contribution in [0.5, 0.6) is 0 Å². The summed E-state index contributed by atoms with van der Waals surface area (Å²) in [7, 11) is 1.71. The van der Waals surface area contributed by atoms with Crippen molar-refractivity contribution in [2.75, 3.05) is 7.05 Å². The van der Waals surface area contributed by atoms with E-state index in [2.05, 4.69) is 5.32 Å². The molecule has 0 amide bonds. The Bertz CT molecular complexity index is 751. The minimum absolute atomic E-state index is 0.194. The van der Waals surface area contributed by atoms with Gasteiger partial charge in [0.2, 0.25) is 0 Å². The minimum atomic E-state index is -0.456. The van der Waals surface area contributed by atoms with Crippen LogP contribution in [0.25, 0.3) is 11.0 Å². The van der Waals surface area contributed by atoms with Gasteiger partial charge in [0.1, 0.15) is 11.6 Å².